The summed E-state index contributed by atoms with van der Waals surface area (Å²) >= 11 is 0. The average molecular weight is 292 g/mol. The Hall–Kier alpha value is -0.870. The molecule has 0 saturated heterocycles. The van der Waals surface area contributed by atoms with Gasteiger partial charge in [-0.2, -0.15) is 0 Å². The van der Waals surface area contributed by atoms with Crippen molar-refractivity contribution in [3.05, 3.63) is 29.3 Å². The van der Waals surface area contributed by atoms with Gasteiger partial charge in [-0.25, -0.2) is 8.78 Å². The van der Waals surface area contributed by atoms with E-state index in [1.165, 1.54) is 6.07 Å². The Morgan fingerprint density at radius 3 is 2.53 bits per heavy atom. The summed E-state index contributed by atoms with van der Waals surface area (Å²) in [5.41, 5.74) is 6.51. The normalized spacial score (nSPS) is 15.8. The Kier molecular flexibility index (Phi) is 6.01. The highest BCUT2D eigenvalue weighted by atomic mass is 35.5. The highest BCUT2D eigenvalue weighted by Crippen LogP contribution is 2.31. The Morgan fingerprint density at radius 1 is 1.32 bits per heavy atom. The van der Waals surface area contributed by atoms with E-state index in [1.54, 1.807) is 0 Å². The molecular formula is C14H20ClF2NO. The Balaban J connectivity index is 0.00000180. The summed E-state index contributed by atoms with van der Waals surface area (Å²) in [4.78, 5) is 0. The SMILES string of the molecule is CCC(N)Cc1cc(F)c(F)cc1OCC1CC1.Cl. The molecule has 1 aromatic rings. The summed E-state index contributed by atoms with van der Waals surface area (Å²) in [7, 11) is 0. The van der Waals surface area contributed by atoms with Crippen molar-refractivity contribution in [1.29, 1.82) is 0 Å². The number of nitrogens with two attached hydrogens (primary N) is 1. The molecule has 2 nitrogen and oxygen atoms in total. The van der Waals surface area contributed by atoms with Crippen LogP contribution in [0.4, 0.5) is 8.78 Å². The predicted octanol–water partition coefficient (Wildman–Crippen LogP) is 3.46. The molecule has 1 atom stereocenters. The molecular weight excluding hydrogens is 272 g/mol. The lowest BCUT2D eigenvalue weighted by Gasteiger charge is -2.15. The summed E-state index contributed by atoms with van der Waals surface area (Å²) in [6.07, 6.45) is 3.62. The van der Waals surface area contributed by atoms with Crippen LogP contribution < -0.4 is 10.5 Å². The van der Waals surface area contributed by atoms with Crippen LogP contribution in [0.5, 0.6) is 5.75 Å². The van der Waals surface area contributed by atoms with Gasteiger partial charge in [0.2, 0.25) is 0 Å². The Labute approximate surface area is 118 Å². The molecule has 19 heavy (non-hydrogen) atoms. The van der Waals surface area contributed by atoms with Crippen LogP contribution in [0.25, 0.3) is 0 Å². The van der Waals surface area contributed by atoms with Gasteiger partial charge in [-0.1, -0.05) is 6.92 Å². The van der Waals surface area contributed by atoms with Crippen molar-refractivity contribution in [3.63, 3.8) is 0 Å². The molecule has 0 aliphatic heterocycles. The van der Waals surface area contributed by atoms with Crippen LogP contribution in [0.15, 0.2) is 12.1 Å². The topological polar surface area (TPSA) is 35.2 Å². The van der Waals surface area contributed by atoms with Crippen LogP contribution in [-0.2, 0) is 6.42 Å². The molecule has 0 aromatic heterocycles. The third-order valence-corrected chi connectivity index (χ3v) is 3.28. The van der Waals surface area contributed by atoms with E-state index in [-0.39, 0.29) is 18.4 Å². The third-order valence-electron chi connectivity index (χ3n) is 3.28. The van der Waals surface area contributed by atoms with Gasteiger partial charge in [-0.3, -0.25) is 0 Å². The van der Waals surface area contributed by atoms with E-state index in [2.05, 4.69) is 0 Å². The first kappa shape index (κ1) is 16.2. The second kappa shape index (κ2) is 7.06. The minimum Gasteiger partial charge on any atom is -0.493 e. The fourth-order valence-electron chi connectivity index (χ4n) is 1.78. The van der Waals surface area contributed by atoms with Gasteiger partial charge in [-0.05, 0) is 43.2 Å². The lowest BCUT2D eigenvalue weighted by molar-refractivity contribution is 0.293. The van der Waals surface area contributed by atoms with Crippen molar-refractivity contribution in [2.45, 2.75) is 38.6 Å². The van der Waals surface area contributed by atoms with Crippen LogP contribution in [-0.4, -0.2) is 12.6 Å². The highest BCUT2D eigenvalue weighted by Gasteiger charge is 2.23. The third kappa shape index (κ3) is 4.62. The van der Waals surface area contributed by atoms with Gasteiger partial charge in [0.05, 0.1) is 6.61 Å². The summed E-state index contributed by atoms with van der Waals surface area (Å²) in [5.74, 6) is -0.697. The zero-order chi connectivity index (χ0) is 13.1. The summed E-state index contributed by atoms with van der Waals surface area (Å²) in [5, 5.41) is 0. The van der Waals surface area contributed by atoms with E-state index in [4.69, 9.17) is 10.5 Å². The van der Waals surface area contributed by atoms with Crippen LogP contribution in [0.1, 0.15) is 31.7 Å². The van der Waals surface area contributed by atoms with Crippen LogP contribution in [0.3, 0.4) is 0 Å². The summed E-state index contributed by atoms with van der Waals surface area (Å²) in [6, 6.07) is 2.28. The average Bonchev–Trinajstić information content (AvgIpc) is 3.15. The van der Waals surface area contributed by atoms with E-state index in [0.29, 0.717) is 30.3 Å². The Morgan fingerprint density at radius 2 is 1.95 bits per heavy atom. The lowest BCUT2D eigenvalue weighted by atomic mass is 10.0. The van der Waals surface area contributed by atoms with E-state index in [1.807, 2.05) is 6.92 Å². The fraction of sp³-hybridized carbons (Fsp3) is 0.571. The number of ether oxygens (including phenoxy) is 1. The van der Waals surface area contributed by atoms with Gasteiger partial charge >= 0.3 is 0 Å². The second-order valence-corrected chi connectivity index (χ2v) is 5.00. The van der Waals surface area contributed by atoms with Crippen molar-refractivity contribution in [3.8, 4) is 5.75 Å². The molecule has 1 aromatic carbocycles. The molecule has 1 fully saturated rings. The van der Waals surface area contributed by atoms with E-state index >= 15 is 0 Å². The molecule has 1 aliphatic rings. The Bertz CT molecular complexity index is 424. The van der Waals surface area contributed by atoms with Crippen molar-refractivity contribution in [1.82, 2.24) is 0 Å². The minimum atomic E-state index is -0.866. The molecule has 2 rings (SSSR count). The smallest absolute Gasteiger partial charge is 0.162 e. The van der Waals surface area contributed by atoms with Crippen molar-refractivity contribution in [2.75, 3.05) is 6.61 Å². The molecule has 1 aliphatic carbocycles. The molecule has 5 heteroatoms. The highest BCUT2D eigenvalue weighted by molar-refractivity contribution is 5.85. The van der Waals surface area contributed by atoms with Gasteiger partial charge in [-0.15, -0.1) is 12.4 Å². The molecule has 2 N–H and O–H groups in total. The van der Waals surface area contributed by atoms with Gasteiger partial charge in [0.15, 0.2) is 11.6 Å². The van der Waals surface area contributed by atoms with Crippen LogP contribution in [0.2, 0.25) is 0 Å². The van der Waals surface area contributed by atoms with Crippen molar-refractivity contribution < 1.29 is 13.5 Å². The molecule has 0 heterocycles. The largest absolute Gasteiger partial charge is 0.493 e. The van der Waals surface area contributed by atoms with E-state index in [9.17, 15) is 8.78 Å². The van der Waals surface area contributed by atoms with Gasteiger partial charge < -0.3 is 10.5 Å². The molecule has 1 saturated carbocycles. The molecule has 0 spiro atoms. The fourth-order valence-corrected chi connectivity index (χ4v) is 1.78. The summed E-state index contributed by atoms with van der Waals surface area (Å²) in [6.45, 7) is 2.55. The lowest BCUT2D eigenvalue weighted by Crippen LogP contribution is -2.22. The zero-order valence-corrected chi connectivity index (χ0v) is 11.8. The second-order valence-electron chi connectivity index (χ2n) is 5.00. The van der Waals surface area contributed by atoms with Crippen LogP contribution in [0, 0.1) is 17.6 Å². The monoisotopic (exact) mass is 291 g/mol. The standard InChI is InChI=1S/C14H19F2NO.ClH/c1-2-11(17)5-10-6-12(15)13(16)7-14(10)18-8-9-3-4-9;/h6-7,9,11H,2-5,8,17H2,1H3;1H. The zero-order valence-electron chi connectivity index (χ0n) is 11.0. The van der Waals surface area contributed by atoms with Crippen LogP contribution >= 0.6 is 12.4 Å². The first-order valence-electron chi connectivity index (χ1n) is 6.46. The van der Waals surface area contributed by atoms with Crippen molar-refractivity contribution in [2.24, 2.45) is 11.7 Å². The molecule has 0 bridgehead atoms. The predicted molar refractivity (Wildman–Crippen MR) is 73.8 cm³/mol. The van der Waals surface area contributed by atoms with Gasteiger partial charge in [0, 0.05) is 12.1 Å². The number of halogens is 3. The quantitative estimate of drug-likeness (QED) is 0.871. The molecule has 1 unspecified atom stereocenters. The first-order chi connectivity index (χ1) is 8.60. The van der Waals surface area contributed by atoms with E-state index < -0.39 is 11.6 Å². The first-order valence-corrected chi connectivity index (χ1v) is 6.46. The van der Waals surface area contributed by atoms with E-state index in [0.717, 1.165) is 25.3 Å². The van der Waals surface area contributed by atoms with Gasteiger partial charge in [0.25, 0.3) is 0 Å². The van der Waals surface area contributed by atoms with Gasteiger partial charge in [0.1, 0.15) is 5.75 Å². The maximum atomic E-state index is 13.3. The molecule has 0 amide bonds. The maximum Gasteiger partial charge on any atom is 0.162 e. The number of hydrogen-bond acceptors (Lipinski definition) is 2. The molecule has 108 valence electrons. The minimum absolute atomic E-state index is 0. The number of hydrogen-bond donors (Lipinski definition) is 1. The summed E-state index contributed by atoms with van der Waals surface area (Å²) < 4.78 is 32.1. The number of benzene rings is 1. The van der Waals surface area contributed by atoms with Crippen molar-refractivity contribution >= 4 is 12.4 Å². The maximum absolute atomic E-state index is 13.3. The molecule has 0 radical (unpaired) electrons. The number of rotatable bonds is 6.